The van der Waals surface area contributed by atoms with E-state index >= 15 is 0 Å². The Labute approximate surface area is 123 Å². The number of benzene rings is 1. The first-order valence-electron chi connectivity index (χ1n) is 6.29. The summed E-state index contributed by atoms with van der Waals surface area (Å²) in [5.41, 5.74) is 0. The quantitative estimate of drug-likeness (QED) is 0.794. The lowest BCUT2D eigenvalue weighted by Crippen LogP contribution is -2.41. The van der Waals surface area contributed by atoms with Crippen molar-refractivity contribution in [3.05, 3.63) is 28.7 Å². The number of nitrogens with one attached hydrogen (secondary N) is 1. The number of rotatable bonds is 7. The fraction of sp³-hybridized carbons (Fsp3) is 0.538. The molecule has 19 heavy (non-hydrogen) atoms. The molecule has 2 atom stereocenters. The van der Waals surface area contributed by atoms with Crippen molar-refractivity contribution in [1.29, 1.82) is 0 Å². The van der Waals surface area contributed by atoms with E-state index in [2.05, 4.69) is 20.7 Å². The Balaban J connectivity index is 2.85. The number of aliphatic hydroxyl groups is 1. The largest absolute Gasteiger partial charge is 0.395 e. The third kappa shape index (κ3) is 4.87. The SMILES string of the molecule is CCCC(C)C(CO)NS(=O)(=O)c1ccc(Br)cc1. The van der Waals surface area contributed by atoms with E-state index in [1.165, 1.54) is 12.1 Å². The van der Waals surface area contributed by atoms with Crippen LogP contribution >= 0.6 is 15.9 Å². The summed E-state index contributed by atoms with van der Waals surface area (Å²) in [7, 11) is -3.58. The van der Waals surface area contributed by atoms with Gasteiger partial charge in [-0.1, -0.05) is 36.2 Å². The van der Waals surface area contributed by atoms with Crippen molar-refractivity contribution in [3.8, 4) is 0 Å². The molecule has 0 saturated heterocycles. The van der Waals surface area contributed by atoms with Gasteiger partial charge in [-0.05, 0) is 36.6 Å². The summed E-state index contributed by atoms with van der Waals surface area (Å²) in [6.45, 7) is 3.78. The van der Waals surface area contributed by atoms with E-state index in [9.17, 15) is 13.5 Å². The second-order valence-corrected chi connectivity index (χ2v) is 7.26. The van der Waals surface area contributed by atoms with Gasteiger partial charge >= 0.3 is 0 Å². The summed E-state index contributed by atoms with van der Waals surface area (Å²) < 4.78 is 27.8. The standard InChI is InChI=1S/C13H20BrNO3S/c1-3-4-10(2)13(9-16)15-19(17,18)12-7-5-11(14)6-8-12/h5-8,10,13,15-16H,3-4,9H2,1-2H3. The predicted molar refractivity (Wildman–Crippen MR) is 79.4 cm³/mol. The highest BCUT2D eigenvalue weighted by molar-refractivity contribution is 9.10. The molecule has 6 heteroatoms. The molecule has 0 aliphatic heterocycles. The fourth-order valence-electron chi connectivity index (χ4n) is 1.87. The summed E-state index contributed by atoms with van der Waals surface area (Å²) in [4.78, 5) is 0.206. The van der Waals surface area contributed by atoms with Gasteiger partial charge in [0, 0.05) is 10.5 Å². The summed E-state index contributed by atoms with van der Waals surface area (Å²) in [6.07, 6.45) is 1.83. The van der Waals surface area contributed by atoms with Crippen molar-refractivity contribution in [2.75, 3.05) is 6.61 Å². The highest BCUT2D eigenvalue weighted by Gasteiger charge is 2.23. The van der Waals surface area contributed by atoms with Crippen molar-refractivity contribution in [2.45, 2.75) is 37.6 Å². The molecule has 2 unspecified atom stereocenters. The molecule has 0 spiro atoms. The Hall–Kier alpha value is -0.430. The summed E-state index contributed by atoms with van der Waals surface area (Å²) >= 11 is 3.27. The first-order chi connectivity index (χ1) is 8.90. The average Bonchev–Trinajstić information content (AvgIpc) is 2.36. The van der Waals surface area contributed by atoms with Gasteiger partial charge in [0.25, 0.3) is 0 Å². The number of aliphatic hydroxyl groups excluding tert-OH is 1. The van der Waals surface area contributed by atoms with Gasteiger partial charge < -0.3 is 5.11 Å². The first kappa shape index (κ1) is 16.6. The smallest absolute Gasteiger partial charge is 0.240 e. The minimum Gasteiger partial charge on any atom is -0.395 e. The minimum atomic E-state index is -3.58. The molecule has 0 bridgehead atoms. The lowest BCUT2D eigenvalue weighted by atomic mass is 9.98. The topological polar surface area (TPSA) is 66.4 Å². The summed E-state index contributed by atoms with van der Waals surface area (Å²) in [6, 6.07) is 5.97. The van der Waals surface area contributed by atoms with Crippen LogP contribution in [0.25, 0.3) is 0 Å². The van der Waals surface area contributed by atoms with E-state index in [1.54, 1.807) is 12.1 Å². The van der Waals surface area contributed by atoms with Crippen LogP contribution < -0.4 is 4.72 Å². The summed E-state index contributed by atoms with van der Waals surface area (Å²) in [5, 5.41) is 9.34. The Morgan fingerprint density at radius 1 is 1.32 bits per heavy atom. The molecule has 1 aromatic carbocycles. The lowest BCUT2D eigenvalue weighted by Gasteiger charge is -2.22. The monoisotopic (exact) mass is 349 g/mol. The molecular formula is C13H20BrNO3S. The molecule has 0 aliphatic carbocycles. The van der Waals surface area contributed by atoms with E-state index in [0.29, 0.717) is 0 Å². The zero-order valence-electron chi connectivity index (χ0n) is 11.1. The van der Waals surface area contributed by atoms with Crippen LogP contribution in [0.2, 0.25) is 0 Å². The molecule has 0 fully saturated rings. The number of hydrogen-bond donors (Lipinski definition) is 2. The third-order valence-electron chi connectivity index (χ3n) is 3.06. The minimum absolute atomic E-state index is 0.0974. The maximum Gasteiger partial charge on any atom is 0.240 e. The van der Waals surface area contributed by atoms with Gasteiger partial charge in [-0.2, -0.15) is 0 Å². The molecule has 0 radical (unpaired) electrons. The molecule has 4 nitrogen and oxygen atoms in total. The number of sulfonamides is 1. The molecule has 0 heterocycles. The number of halogens is 1. The second-order valence-electron chi connectivity index (χ2n) is 4.63. The molecule has 1 aromatic rings. The molecule has 0 aromatic heterocycles. The lowest BCUT2D eigenvalue weighted by molar-refractivity contribution is 0.216. The Morgan fingerprint density at radius 3 is 2.37 bits per heavy atom. The van der Waals surface area contributed by atoms with Crippen LogP contribution in [0.5, 0.6) is 0 Å². The second kappa shape index (κ2) is 7.38. The van der Waals surface area contributed by atoms with Crippen LogP contribution in [0.3, 0.4) is 0 Å². The van der Waals surface area contributed by atoms with Crippen molar-refractivity contribution in [3.63, 3.8) is 0 Å². The molecule has 1 rings (SSSR count). The average molecular weight is 350 g/mol. The van der Waals surface area contributed by atoms with Gasteiger partial charge in [0.05, 0.1) is 11.5 Å². The van der Waals surface area contributed by atoms with Crippen molar-refractivity contribution in [2.24, 2.45) is 5.92 Å². The Bertz CT molecular complexity index is 487. The molecule has 0 saturated carbocycles. The Kier molecular flexibility index (Phi) is 6.46. The highest BCUT2D eigenvalue weighted by atomic mass is 79.9. The zero-order valence-corrected chi connectivity index (χ0v) is 13.5. The first-order valence-corrected chi connectivity index (χ1v) is 8.57. The van der Waals surface area contributed by atoms with Crippen LogP contribution in [0.4, 0.5) is 0 Å². The van der Waals surface area contributed by atoms with E-state index in [0.717, 1.165) is 17.3 Å². The molecule has 0 amide bonds. The van der Waals surface area contributed by atoms with Gasteiger partial charge in [-0.25, -0.2) is 13.1 Å². The van der Waals surface area contributed by atoms with Crippen LogP contribution in [-0.2, 0) is 10.0 Å². The number of hydrogen-bond acceptors (Lipinski definition) is 3. The maximum atomic E-state index is 12.2. The van der Waals surface area contributed by atoms with E-state index in [4.69, 9.17) is 0 Å². The van der Waals surface area contributed by atoms with Gasteiger partial charge in [0.2, 0.25) is 10.0 Å². The Morgan fingerprint density at radius 2 is 1.89 bits per heavy atom. The van der Waals surface area contributed by atoms with Crippen LogP contribution in [0, 0.1) is 5.92 Å². The highest BCUT2D eigenvalue weighted by Crippen LogP contribution is 2.17. The van der Waals surface area contributed by atoms with Crippen molar-refractivity contribution >= 4 is 26.0 Å². The molecular weight excluding hydrogens is 330 g/mol. The molecule has 2 N–H and O–H groups in total. The maximum absolute atomic E-state index is 12.2. The van der Waals surface area contributed by atoms with Gasteiger partial charge in [0.1, 0.15) is 0 Å². The van der Waals surface area contributed by atoms with E-state index in [1.807, 2.05) is 13.8 Å². The van der Waals surface area contributed by atoms with Gasteiger partial charge in [-0.3, -0.25) is 0 Å². The molecule has 0 aliphatic rings. The normalized spacial score (nSPS) is 15.2. The summed E-state index contributed by atoms with van der Waals surface area (Å²) in [5.74, 6) is 0.0974. The van der Waals surface area contributed by atoms with Gasteiger partial charge in [0.15, 0.2) is 0 Å². The fourth-order valence-corrected chi connectivity index (χ4v) is 3.47. The third-order valence-corrected chi connectivity index (χ3v) is 5.09. The van der Waals surface area contributed by atoms with Crippen LogP contribution in [-0.4, -0.2) is 26.2 Å². The zero-order chi connectivity index (χ0) is 14.5. The van der Waals surface area contributed by atoms with Gasteiger partial charge in [-0.15, -0.1) is 0 Å². The van der Waals surface area contributed by atoms with Crippen molar-refractivity contribution < 1.29 is 13.5 Å². The molecule has 108 valence electrons. The van der Waals surface area contributed by atoms with E-state index < -0.39 is 16.1 Å². The van der Waals surface area contributed by atoms with Crippen LogP contribution in [0.15, 0.2) is 33.6 Å². The predicted octanol–water partition coefficient (Wildman–Crippen LogP) is 2.52. The van der Waals surface area contributed by atoms with Crippen molar-refractivity contribution in [1.82, 2.24) is 4.72 Å². The van der Waals surface area contributed by atoms with Crippen LogP contribution in [0.1, 0.15) is 26.7 Å². The van der Waals surface area contributed by atoms with E-state index in [-0.39, 0.29) is 17.4 Å².